The van der Waals surface area contributed by atoms with Gasteiger partial charge in [0.15, 0.2) is 0 Å². The lowest BCUT2D eigenvalue weighted by Crippen LogP contribution is -2.60. The van der Waals surface area contributed by atoms with Crippen molar-refractivity contribution >= 4 is 0 Å². The molecule has 1 saturated carbocycles. The number of fused-ring (bicyclic) bond motifs is 1. The first-order valence-electron chi connectivity index (χ1n) is 6.53. The molecule has 2 aliphatic rings. The highest BCUT2D eigenvalue weighted by Crippen LogP contribution is 2.44. The van der Waals surface area contributed by atoms with Crippen LogP contribution in [0, 0.1) is 5.92 Å². The van der Waals surface area contributed by atoms with E-state index >= 15 is 0 Å². The number of likely N-dealkylation sites (tertiary alicyclic amines) is 1. The highest BCUT2D eigenvalue weighted by molar-refractivity contribution is 5.01. The minimum Gasteiger partial charge on any atom is -0.389 e. The highest BCUT2D eigenvalue weighted by Gasteiger charge is 2.48. The summed E-state index contributed by atoms with van der Waals surface area (Å²) in [5.41, 5.74) is -0.378. The zero-order valence-electron chi connectivity index (χ0n) is 10.4. The smallest absolute Gasteiger partial charge is 0.0702 e. The lowest BCUT2D eigenvalue weighted by Gasteiger charge is -2.54. The molecule has 2 fully saturated rings. The van der Waals surface area contributed by atoms with Gasteiger partial charge in [0.05, 0.1) is 5.60 Å². The molecule has 1 heterocycles. The van der Waals surface area contributed by atoms with Crippen LogP contribution in [0.5, 0.6) is 0 Å². The first kappa shape index (κ1) is 11.4. The number of hydrogen-bond acceptors (Lipinski definition) is 2. The summed E-state index contributed by atoms with van der Waals surface area (Å²) in [6, 6.07) is 1.17. The molecule has 0 bridgehead atoms. The molecule has 2 nitrogen and oxygen atoms in total. The quantitative estimate of drug-likeness (QED) is 0.720. The number of aliphatic hydroxyl groups is 1. The van der Waals surface area contributed by atoms with Crippen LogP contribution in [0.1, 0.15) is 52.4 Å². The SMILES string of the molecule is CC[C@@]1(O)C[C@H](C)N(C)[C@H]2CCCC[C@@H]21. The number of hydrogen-bond donors (Lipinski definition) is 1. The lowest BCUT2D eigenvalue weighted by atomic mass is 9.66. The van der Waals surface area contributed by atoms with Gasteiger partial charge >= 0.3 is 0 Å². The Balaban J connectivity index is 2.22. The Morgan fingerprint density at radius 1 is 1.33 bits per heavy atom. The zero-order chi connectivity index (χ0) is 11.1. The molecule has 0 unspecified atom stereocenters. The van der Waals surface area contributed by atoms with Crippen LogP contribution in [0.15, 0.2) is 0 Å². The Bertz CT molecular complexity index is 231. The van der Waals surface area contributed by atoms with Crippen LogP contribution in [0.2, 0.25) is 0 Å². The van der Waals surface area contributed by atoms with Crippen LogP contribution in [0.25, 0.3) is 0 Å². The summed E-state index contributed by atoms with van der Waals surface area (Å²) >= 11 is 0. The molecule has 0 amide bonds. The fourth-order valence-corrected chi connectivity index (χ4v) is 3.77. The molecule has 1 aliphatic heterocycles. The van der Waals surface area contributed by atoms with E-state index in [1.165, 1.54) is 25.7 Å². The summed E-state index contributed by atoms with van der Waals surface area (Å²) < 4.78 is 0. The molecule has 0 spiro atoms. The summed E-state index contributed by atoms with van der Waals surface area (Å²) in [5, 5.41) is 10.7. The molecule has 0 aromatic heterocycles. The van der Waals surface area contributed by atoms with E-state index in [-0.39, 0.29) is 5.60 Å². The largest absolute Gasteiger partial charge is 0.389 e. The van der Waals surface area contributed by atoms with Crippen molar-refractivity contribution in [2.75, 3.05) is 7.05 Å². The number of nitrogens with zero attached hydrogens (tertiary/aromatic N) is 1. The second-order valence-electron chi connectivity index (χ2n) is 5.63. The molecule has 2 heteroatoms. The molecule has 0 aromatic rings. The Morgan fingerprint density at radius 3 is 2.67 bits per heavy atom. The van der Waals surface area contributed by atoms with Gasteiger partial charge in [-0.25, -0.2) is 0 Å². The van der Waals surface area contributed by atoms with Crippen LogP contribution in [0.4, 0.5) is 0 Å². The molecule has 15 heavy (non-hydrogen) atoms. The van der Waals surface area contributed by atoms with Gasteiger partial charge in [-0.05, 0) is 39.7 Å². The van der Waals surface area contributed by atoms with Gasteiger partial charge in [0.2, 0.25) is 0 Å². The fourth-order valence-electron chi connectivity index (χ4n) is 3.77. The maximum Gasteiger partial charge on any atom is 0.0702 e. The van der Waals surface area contributed by atoms with Gasteiger partial charge in [0.25, 0.3) is 0 Å². The van der Waals surface area contributed by atoms with Gasteiger partial charge in [-0.3, -0.25) is 0 Å². The fraction of sp³-hybridized carbons (Fsp3) is 1.00. The van der Waals surface area contributed by atoms with Gasteiger partial charge in [-0.1, -0.05) is 19.8 Å². The van der Waals surface area contributed by atoms with Crippen molar-refractivity contribution in [3.05, 3.63) is 0 Å². The van der Waals surface area contributed by atoms with Gasteiger partial charge in [-0.2, -0.15) is 0 Å². The Kier molecular flexibility index (Phi) is 3.09. The van der Waals surface area contributed by atoms with Crippen LogP contribution in [-0.4, -0.2) is 34.7 Å². The van der Waals surface area contributed by atoms with Crippen LogP contribution < -0.4 is 0 Å². The average molecular weight is 211 g/mol. The molecule has 1 saturated heterocycles. The molecule has 1 aliphatic carbocycles. The van der Waals surface area contributed by atoms with Gasteiger partial charge < -0.3 is 10.0 Å². The second-order valence-corrected chi connectivity index (χ2v) is 5.63. The van der Waals surface area contributed by atoms with E-state index in [0.717, 1.165) is 12.8 Å². The predicted octanol–water partition coefficient (Wildman–Crippen LogP) is 2.41. The topological polar surface area (TPSA) is 23.5 Å². The highest BCUT2D eigenvalue weighted by atomic mass is 16.3. The molecule has 0 radical (unpaired) electrons. The van der Waals surface area contributed by atoms with Crippen LogP contribution in [0.3, 0.4) is 0 Å². The minimum atomic E-state index is -0.378. The van der Waals surface area contributed by atoms with Crippen molar-refractivity contribution in [1.82, 2.24) is 4.90 Å². The van der Waals surface area contributed by atoms with E-state index in [1.54, 1.807) is 0 Å². The Labute approximate surface area is 93.7 Å². The Morgan fingerprint density at radius 2 is 2.00 bits per heavy atom. The van der Waals surface area contributed by atoms with Gasteiger partial charge in [0.1, 0.15) is 0 Å². The van der Waals surface area contributed by atoms with Crippen molar-refractivity contribution in [2.45, 2.75) is 70.1 Å². The summed E-state index contributed by atoms with van der Waals surface area (Å²) in [5.74, 6) is 0.525. The average Bonchev–Trinajstić information content (AvgIpc) is 2.26. The first-order valence-corrected chi connectivity index (χ1v) is 6.53. The number of piperidine rings is 1. The van der Waals surface area contributed by atoms with Crippen LogP contribution in [-0.2, 0) is 0 Å². The van der Waals surface area contributed by atoms with Gasteiger partial charge in [0, 0.05) is 18.0 Å². The maximum absolute atomic E-state index is 10.7. The third-order valence-corrected chi connectivity index (χ3v) is 4.90. The predicted molar refractivity (Wildman–Crippen MR) is 62.8 cm³/mol. The molecule has 88 valence electrons. The standard InChI is InChI=1S/C13H25NO/c1-4-13(15)9-10(2)14(3)12-8-6-5-7-11(12)13/h10-12,15H,4-9H2,1-3H3/t10-,11-,12-,13+/m0/s1. The molecular formula is C13H25NO. The normalized spacial score (nSPS) is 47.6. The lowest BCUT2D eigenvalue weighted by molar-refractivity contribution is -0.128. The molecule has 0 aromatic carbocycles. The molecule has 2 rings (SSSR count). The summed E-state index contributed by atoms with van der Waals surface area (Å²) in [4.78, 5) is 2.51. The van der Waals surface area contributed by atoms with Gasteiger partial charge in [-0.15, -0.1) is 0 Å². The monoisotopic (exact) mass is 211 g/mol. The molecule has 4 atom stereocenters. The van der Waals surface area contributed by atoms with Crippen molar-refractivity contribution in [2.24, 2.45) is 5.92 Å². The van der Waals surface area contributed by atoms with Crippen molar-refractivity contribution in [3.8, 4) is 0 Å². The van der Waals surface area contributed by atoms with E-state index in [0.29, 0.717) is 18.0 Å². The van der Waals surface area contributed by atoms with Crippen LogP contribution >= 0.6 is 0 Å². The second kappa shape index (κ2) is 4.06. The summed E-state index contributed by atoms with van der Waals surface area (Å²) in [7, 11) is 2.24. The third kappa shape index (κ3) is 1.83. The zero-order valence-corrected chi connectivity index (χ0v) is 10.4. The maximum atomic E-state index is 10.7. The number of rotatable bonds is 1. The molecular weight excluding hydrogens is 186 g/mol. The molecule has 1 N–H and O–H groups in total. The van der Waals surface area contributed by atoms with Crippen molar-refractivity contribution in [3.63, 3.8) is 0 Å². The van der Waals surface area contributed by atoms with Crippen molar-refractivity contribution < 1.29 is 5.11 Å². The van der Waals surface area contributed by atoms with Crippen molar-refractivity contribution in [1.29, 1.82) is 0 Å². The van der Waals surface area contributed by atoms with E-state index < -0.39 is 0 Å². The van der Waals surface area contributed by atoms with E-state index in [1.807, 2.05) is 0 Å². The van der Waals surface area contributed by atoms with E-state index in [4.69, 9.17) is 0 Å². The first-order chi connectivity index (χ1) is 7.08. The third-order valence-electron chi connectivity index (χ3n) is 4.90. The van der Waals surface area contributed by atoms with E-state index in [9.17, 15) is 5.11 Å². The van der Waals surface area contributed by atoms with E-state index in [2.05, 4.69) is 25.8 Å². The minimum absolute atomic E-state index is 0.378. The summed E-state index contributed by atoms with van der Waals surface area (Å²) in [6.07, 6.45) is 7.05. The Hall–Kier alpha value is -0.0800. The summed E-state index contributed by atoms with van der Waals surface area (Å²) in [6.45, 7) is 4.40.